The SMILES string of the molecule is O=Cc1ccc(C2(C(=O)O)CC2)cc1. The van der Waals surface area contributed by atoms with Gasteiger partial charge in [0.25, 0.3) is 0 Å². The Kier molecular flexibility index (Phi) is 1.88. The van der Waals surface area contributed by atoms with Gasteiger partial charge in [0.2, 0.25) is 0 Å². The first-order chi connectivity index (χ1) is 6.69. The van der Waals surface area contributed by atoms with Crippen LogP contribution in [0.25, 0.3) is 0 Å². The molecule has 72 valence electrons. The standard InChI is InChI=1S/C11H10O3/c12-7-8-1-3-9(4-2-8)11(5-6-11)10(13)14/h1-4,7H,5-6H2,(H,13,14). The molecule has 1 aromatic carbocycles. The molecule has 0 aliphatic heterocycles. The van der Waals surface area contributed by atoms with Crippen molar-refractivity contribution in [1.82, 2.24) is 0 Å². The van der Waals surface area contributed by atoms with Crippen molar-refractivity contribution in [2.45, 2.75) is 18.3 Å². The van der Waals surface area contributed by atoms with Crippen LogP contribution in [-0.4, -0.2) is 17.4 Å². The van der Waals surface area contributed by atoms with Gasteiger partial charge in [0, 0.05) is 5.56 Å². The third kappa shape index (κ3) is 1.21. The van der Waals surface area contributed by atoms with Gasteiger partial charge in [-0.1, -0.05) is 24.3 Å². The molecule has 1 aromatic rings. The second-order valence-corrected chi connectivity index (χ2v) is 3.63. The van der Waals surface area contributed by atoms with Crippen LogP contribution >= 0.6 is 0 Å². The normalized spacial score (nSPS) is 17.4. The minimum Gasteiger partial charge on any atom is -0.481 e. The number of carbonyl (C=O) groups excluding carboxylic acids is 1. The number of carboxylic acid groups (broad SMARTS) is 1. The van der Waals surface area contributed by atoms with Gasteiger partial charge in [-0.15, -0.1) is 0 Å². The van der Waals surface area contributed by atoms with E-state index in [1.54, 1.807) is 24.3 Å². The summed E-state index contributed by atoms with van der Waals surface area (Å²) in [5.41, 5.74) is 0.715. The molecule has 0 radical (unpaired) electrons. The van der Waals surface area contributed by atoms with Gasteiger partial charge < -0.3 is 5.11 Å². The molecule has 2 rings (SSSR count). The number of hydrogen-bond acceptors (Lipinski definition) is 2. The number of carbonyl (C=O) groups is 2. The topological polar surface area (TPSA) is 54.4 Å². The summed E-state index contributed by atoms with van der Waals surface area (Å²) in [5, 5.41) is 9.01. The molecule has 1 saturated carbocycles. The van der Waals surface area contributed by atoms with E-state index < -0.39 is 11.4 Å². The van der Waals surface area contributed by atoms with E-state index in [1.165, 1.54) is 0 Å². The third-order valence-electron chi connectivity index (χ3n) is 2.76. The smallest absolute Gasteiger partial charge is 0.314 e. The molecule has 0 amide bonds. The first kappa shape index (κ1) is 8.94. The fourth-order valence-corrected chi connectivity index (χ4v) is 1.63. The second-order valence-electron chi connectivity index (χ2n) is 3.63. The summed E-state index contributed by atoms with van der Waals surface area (Å²) in [6.45, 7) is 0. The van der Waals surface area contributed by atoms with Crippen LogP contribution in [0.4, 0.5) is 0 Å². The summed E-state index contributed by atoms with van der Waals surface area (Å²) in [7, 11) is 0. The molecule has 1 aliphatic rings. The lowest BCUT2D eigenvalue weighted by Gasteiger charge is -2.09. The maximum atomic E-state index is 11.0. The van der Waals surface area contributed by atoms with Gasteiger partial charge in [0.05, 0.1) is 5.41 Å². The molecule has 1 fully saturated rings. The largest absolute Gasteiger partial charge is 0.481 e. The molecular formula is C11H10O3. The van der Waals surface area contributed by atoms with Gasteiger partial charge in [-0.25, -0.2) is 0 Å². The summed E-state index contributed by atoms with van der Waals surface area (Å²) >= 11 is 0. The zero-order valence-electron chi connectivity index (χ0n) is 7.56. The highest BCUT2D eigenvalue weighted by Crippen LogP contribution is 2.48. The minimum absolute atomic E-state index is 0.579. The molecule has 0 saturated heterocycles. The van der Waals surface area contributed by atoms with Gasteiger partial charge in [-0.05, 0) is 18.4 Å². The quantitative estimate of drug-likeness (QED) is 0.737. The molecule has 0 atom stereocenters. The van der Waals surface area contributed by atoms with E-state index in [1.807, 2.05) is 0 Å². The van der Waals surface area contributed by atoms with Gasteiger partial charge in [0.15, 0.2) is 0 Å². The van der Waals surface area contributed by atoms with Gasteiger partial charge >= 0.3 is 5.97 Å². The van der Waals surface area contributed by atoms with Crippen LogP contribution in [-0.2, 0) is 10.2 Å². The third-order valence-corrected chi connectivity index (χ3v) is 2.76. The summed E-state index contributed by atoms with van der Waals surface area (Å²) < 4.78 is 0. The average Bonchev–Trinajstić information content (AvgIpc) is 2.99. The van der Waals surface area contributed by atoms with Crippen molar-refractivity contribution < 1.29 is 14.7 Å². The summed E-state index contributed by atoms with van der Waals surface area (Å²) in [6.07, 6.45) is 2.15. The summed E-state index contributed by atoms with van der Waals surface area (Å²) in [5.74, 6) is -0.767. The van der Waals surface area contributed by atoms with Crippen molar-refractivity contribution in [2.24, 2.45) is 0 Å². The van der Waals surface area contributed by atoms with Crippen LogP contribution in [0.3, 0.4) is 0 Å². The first-order valence-corrected chi connectivity index (χ1v) is 4.48. The Labute approximate surface area is 81.4 Å². The van der Waals surface area contributed by atoms with Crippen molar-refractivity contribution in [3.8, 4) is 0 Å². The van der Waals surface area contributed by atoms with E-state index in [-0.39, 0.29) is 0 Å². The van der Waals surface area contributed by atoms with E-state index in [0.717, 1.165) is 11.8 Å². The molecule has 1 aliphatic carbocycles. The minimum atomic E-state index is -0.767. The molecule has 3 heteroatoms. The lowest BCUT2D eigenvalue weighted by atomic mass is 9.95. The number of aliphatic carboxylic acids is 1. The van der Waals surface area contributed by atoms with Gasteiger partial charge in [-0.3, -0.25) is 9.59 Å². The summed E-state index contributed by atoms with van der Waals surface area (Å²) in [6, 6.07) is 6.77. The van der Waals surface area contributed by atoms with E-state index in [0.29, 0.717) is 18.4 Å². The Morgan fingerprint density at radius 3 is 2.21 bits per heavy atom. The molecule has 14 heavy (non-hydrogen) atoms. The van der Waals surface area contributed by atoms with Crippen LogP contribution < -0.4 is 0 Å². The summed E-state index contributed by atoms with van der Waals surface area (Å²) in [4.78, 5) is 21.4. The maximum absolute atomic E-state index is 11.0. The number of carboxylic acids is 1. The van der Waals surface area contributed by atoms with Crippen LogP contribution in [0.15, 0.2) is 24.3 Å². The van der Waals surface area contributed by atoms with E-state index >= 15 is 0 Å². The monoisotopic (exact) mass is 190 g/mol. The van der Waals surface area contributed by atoms with Crippen LogP contribution in [0.1, 0.15) is 28.8 Å². The zero-order valence-corrected chi connectivity index (χ0v) is 7.56. The Morgan fingerprint density at radius 2 is 1.86 bits per heavy atom. The molecule has 0 bridgehead atoms. The number of benzene rings is 1. The van der Waals surface area contributed by atoms with Gasteiger partial charge in [-0.2, -0.15) is 0 Å². The van der Waals surface area contributed by atoms with E-state index in [4.69, 9.17) is 5.11 Å². The second kappa shape index (κ2) is 2.94. The Bertz CT molecular complexity index is 374. The Morgan fingerprint density at radius 1 is 1.29 bits per heavy atom. The maximum Gasteiger partial charge on any atom is 0.314 e. The van der Waals surface area contributed by atoms with Crippen LogP contribution in [0.5, 0.6) is 0 Å². The van der Waals surface area contributed by atoms with Crippen molar-refractivity contribution in [3.05, 3.63) is 35.4 Å². The van der Waals surface area contributed by atoms with E-state index in [9.17, 15) is 9.59 Å². The van der Waals surface area contributed by atoms with Crippen LogP contribution in [0, 0.1) is 0 Å². The molecule has 0 spiro atoms. The van der Waals surface area contributed by atoms with Crippen molar-refractivity contribution in [3.63, 3.8) is 0 Å². The van der Waals surface area contributed by atoms with E-state index in [2.05, 4.69) is 0 Å². The highest BCUT2D eigenvalue weighted by atomic mass is 16.4. The Hall–Kier alpha value is -1.64. The number of hydrogen-bond donors (Lipinski definition) is 1. The number of rotatable bonds is 3. The van der Waals surface area contributed by atoms with Crippen molar-refractivity contribution in [1.29, 1.82) is 0 Å². The highest BCUT2D eigenvalue weighted by Gasteiger charge is 2.51. The Balaban J connectivity index is 2.34. The predicted octanol–water partition coefficient (Wildman–Crippen LogP) is 1.62. The lowest BCUT2D eigenvalue weighted by Crippen LogP contribution is -2.19. The van der Waals surface area contributed by atoms with Crippen LogP contribution in [0.2, 0.25) is 0 Å². The zero-order chi connectivity index (χ0) is 10.2. The van der Waals surface area contributed by atoms with Crippen molar-refractivity contribution in [2.75, 3.05) is 0 Å². The fourth-order valence-electron chi connectivity index (χ4n) is 1.63. The first-order valence-electron chi connectivity index (χ1n) is 4.48. The lowest BCUT2D eigenvalue weighted by molar-refractivity contribution is -0.140. The molecule has 0 aromatic heterocycles. The molecular weight excluding hydrogens is 180 g/mol. The average molecular weight is 190 g/mol. The molecule has 3 nitrogen and oxygen atoms in total. The predicted molar refractivity (Wildman–Crippen MR) is 50.4 cm³/mol. The highest BCUT2D eigenvalue weighted by molar-refractivity contribution is 5.85. The van der Waals surface area contributed by atoms with Crippen molar-refractivity contribution >= 4 is 12.3 Å². The fraction of sp³-hybridized carbons (Fsp3) is 0.273. The molecule has 0 heterocycles. The molecule has 1 N–H and O–H groups in total. The molecule has 0 unspecified atom stereocenters. The number of aldehydes is 1. The van der Waals surface area contributed by atoms with Gasteiger partial charge in [0.1, 0.15) is 6.29 Å².